The van der Waals surface area contributed by atoms with Gasteiger partial charge < -0.3 is 28.4 Å². The van der Waals surface area contributed by atoms with Crippen molar-refractivity contribution in [2.75, 3.05) is 55.1 Å². The predicted octanol–water partition coefficient (Wildman–Crippen LogP) is 8.11. The molecule has 8 rings (SSSR count). The Morgan fingerprint density at radius 2 is 1.37 bits per heavy atom. The van der Waals surface area contributed by atoms with Crippen LogP contribution in [-0.2, 0) is 25.7 Å². The Morgan fingerprint density at radius 3 is 2.08 bits per heavy atom. The van der Waals surface area contributed by atoms with Crippen LogP contribution < -0.4 is 28.4 Å². The van der Waals surface area contributed by atoms with E-state index in [1.165, 1.54) is 22.3 Å². The van der Waals surface area contributed by atoms with Crippen LogP contribution in [0, 0.1) is 0 Å². The first kappa shape index (κ1) is 32.9. The van der Waals surface area contributed by atoms with E-state index in [-0.39, 0.29) is 12.1 Å². The van der Waals surface area contributed by atoms with Gasteiger partial charge in [0.05, 0.1) is 21.3 Å². The molecule has 49 heavy (non-hydrogen) atoms. The average Bonchev–Trinajstić information content (AvgIpc) is 3.10. The highest BCUT2D eigenvalue weighted by molar-refractivity contribution is 5.64. The van der Waals surface area contributed by atoms with Crippen LogP contribution in [0.25, 0.3) is 0 Å². The molecule has 8 nitrogen and oxygen atoms in total. The second kappa shape index (κ2) is 13.7. The summed E-state index contributed by atoms with van der Waals surface area (Å²) in [7, 11) is 9.44. The quantitative estimate of drug-likeness (QED) is 0.192. The fourth-order valence-corrected chi connectivity index (χ4v) is 7.41. The van der Waals surface area contributed by atoms with Gasteiger partial charge in [-0.05, 0) is 123 Å². The Hall–Kier alpha value is -4.66. The molecule has 4 aliphatic rings. The first-order valence-electron chi connectivity index (χ1n) is 17.0. The molecule has 0 aliphatic carbocycles. The molecule has 0 saturated carbocycles. The molecule has 0 fully saturated rings. The molecular formula is C41H46N2O6. The van der Waals surface area contributed by atoms with Crippen LogP contribution in [0.1, 0.15) is 52.4 Å². The molecule has 4 aromatic carbocycles. The summed E-state index contributed by atoms with van der Waals surface area (Å²) in [5.74, 6) is 5.33. The number of hydrogen-bond acceptors (Lipinski definition) is 8. The summed E-state index contributed by atoms with van der Waals surface area (Å²) in [5, 5.41) is 0. The highest BCUT2D eigenvalue weighted by atomic mass is 16.6. The van der Waals surface area contributed by atoms with Gasteiger partial charge in [0.1, 0.15) is 12.4 Å². The Labute approximate surface area is 289 Å². The summed E-state index contributed by atoms with van der Waals surface area (Å²) in [5.41, 5.74) is 8.00. The SMILES string of the molecule is C=C(C)COc1c(OC)cc2c3c1Oc1cc4c(cc1OC)CCN(C)[C@H]4Cc1ccc(cc1)Oc1cc(ccc1OC)C[C@@H]3N(C)CC2. The summed E-state index contributed by atoms with van der Waals surface area (Å²) in [6, 6.07) is 21.2. The molecule has 0 spiro atoms. The van der Waals surface area contributed by atoms with E-state index in [2.05, 4.69) is 72.9 Å². The van der Waals surface area contributed by atoms with E-state index < -0.39 is 0 Å². The van der Waals surface area contributed by atoms with Crippen LogP contribution in [0.5, 0.6) is 46.0 Å². The molecular weight excluding hydrogens is 616 g/mol. The maximum Gasteiger partial charge on any atom is 0.204 e. The first-order valence-corrected chi connectivity index (χ1v) is 17.0. The van der Waals surface area contributed by atoms with Crippen LogP contribution >= 0.6 is 0 Å². The number of nitrogens with zero attached hydrogens (tertiary/aromatic N) is 2. The number of fused-ring (bicyclic) bond motifs is 2. The van der Waals surface area contributed by atoms with E-state index in [0.29, 0.717) is 53.3 Å². The maximum atomic E-state index is 7.14. The number of likely N-dealkylation sites (N-methyl/N-ethyl adjacent to an activating group) is 2. The molecule has 6 bridgehead atoms. The van der Waals surface area contributed by atoms with Gasteiger partial charge in [0.15, 0.2) is 34.5 Å². The molecule has 256 valence electrons. The van der Waals surface area contributed by atoms with Crippen molar-refractivity contribution in [3.8, 4) is 46.0 Å². The minimum absolute atomic E-state index is 0.0289. The van der Waals surface area contributed by atoms with E-state index in [4.69, 9.17) is 28.4 Å². The topological polar surface area (TPSA) is 61.9 Å². The maximum absolute atomic E-state index is 7.14. The molecule has 0 amide bonds. The Morgan fingerprint density at radius 1 is 0.735 bits per heavy atom. The van der Waals surface area contributed by atoms with Gasteiger partial charge in [0.25, 0.3) is 0 Å². The Kier molecular flexibility index (Phi) is 9.18. The van der Waals surface area contributed by atoms with Crippen molar-refractivity contribution in [3.05, 3.63) is 106 Å². The Balaban J connectivity index is 1.47. The molecule has 0 aromatic heterocycles. The zero-order chi connectivity index (χ0) is 34.2. The zero-order valence-electron chi connectivity index (χ0n) is 29.4. The van der Waals surface area contributed by atoms with Gasteiger partial charge in [-0.1, -0.05) is 24.8 Å². The van der Waals surface area contributed by atoms with E-state index in [9.17, 15) is 0 Å². The molecule has 4 aromatic rings. The van der Waals surface area contributed by atoms with Crippen molar-refractivity contribution in [2.45, 2.75) is 44.7 Å². The van der Waals surface area contributed by atoms with Crippen LogP contribution in [0.4, 0.5) is 0 Å². The summed E-state index contributed by atoms with van der Waals surface area (Å²) >= 11 is 0. The largest absolute Gasteiger partial charge is 0.493 e. The molecule has 4 aliphatic heterocycles. The third-order valence-corrected chi connectivity index (χ3v) is 10.1. The summed E-state index contributed by atoms with van der Waals surface area (Å²) in [6.07, 6.45) is 3.32. The summed E-state index contributed by atoms with van der Waals surface area (Å²) in [4.78, 5) is 4.82. The predicted molar refractivity (Wildman–Crippen MR) is 191 cm³/mol. The lowest BCUT2D eigenvalue weighted by atomic mass is 9.87. The average molecular weight is 663 g/mol. The lowest BCUT2D eigenvalue weighted by Gasteiger charge is -2.37. The van der Waals surface area contributed by atoms with Crippen molar-refractivity contribution in [3.63, 3.8) is 0 Å². The normalized spacial score (nSPS) is 18.7. The summed E-state index contributed by atoms with van der Waals surface area (Å²) < 4.78 is 37.9. The molecule has 0 radical (unpaired) electrons. The fourth-order valence-electron chi connectivity index (χ4n) is 7.41. The molecule has 0 unspecified atom stereocenters. The number of rotatable bonds is 6. The van der Waals surface area contributed by atoms with E-state index in [0.717, 1.165) is 54.8 Å². The van der Waals surface area contributed by atoms with Crippen molar-refractivity contribution in [1.29, 1.82) is 0 Å². The summed E-state index contributed by atoms with van der Waals surface area (Å²) in [6.45, 7) is 8.22. The number of methoxy groups -OCH3 is 3. The van der Waals surface area contributed by atoms with Gasteiger partial charge >= 0.3 is 0 Å². The third kappa shape index (κ3) is 6.43. The smallest absolute Gasteiger partial charge is 0.204 e. The zero-order valence-corrected chi connectivity index (χ0v) is 29.4. The van der Waals surface area contributed by atoms with Gasteiger partial charge in [-0.2, -0.15) is 0 Å². The second-order valence-corrected chi connectivity index (χ2v) is 13.5. The van der Waals surface area contributed by atoms with E-state index in [1.807, 2.05) is 25.1 Å². The lowest BCUT2D eigenvalue weighted by molar-refractivity contribution is 0.219. The highest BCUT2D eigenvalue weighted by Crippen LogP contribution is 2.52. The van der Waals surface area contributed by atoms with Crippen molar-refractivity contribution in [2.24, 2.45) is 0 Å². The fraction of sp³-hybridized carbons (Fsp3) is 0.366. The van der Waals surface area contributed by atoms with Crippen molar-refractivity contribution >= 4 is 0 Å². The first-order chi connectivity index (χ1) is 23.8. The second-order valence-electron chi connectivity index (χ2n) is 13.5. The standard InChI is InChI=1S/C41H46N2O6/c1-25(2)24-47-40-38(46-7)22-29-15-17-43(4)33-19-27-10-13-34(44-5)36(20-27)48-30-11-8-26(9-12-30)18-32-31-23-37(49-41(40)39(29)33)35(45-6)21-28(31)14-16-42(32)3/h8-13,20-23,32-33H,1,14-19,24H2,2-7H3/t32-,33-/m0/s1. The van der Waals surface area contributed by atoms with Gasteiger partial charge in [-0.15, -0.1) is 0 Å². The van der Waals surface area contributed by atoms with Crippen LogP contribution in [0.2, 0.25) is 0 Å². The third-order valence-electron chi connectivity index (χ3n) is 10.1. The van der Waals surface area contributed by atoms with Crippen LogP contribution in [0.15, 0.2) is 72.8 Å². The number of benzene rings is 4. The molecule has 0 N–H and O–H groups in total. The minimum Gasteiger partial charge on any atom is -0.493 e. The monoisotopic (exact) mass is 662 g/mol. The number of ether oxygens (including phenoxy) is 6. The van der Waals surface area contributed by atoms with Crippen molar-refractivity contribution < 1.29 is 28.4 Å². The molecule has 2 atom stereocenters. The minimum atomic E-state index is -0.0289. The van der Waals surface area contributed by atoms with Gasteiger partial charge in [-0.25, -0.2) is 0 Å². The molecule has 0 saturated heterocycles. The van der Waals surface area contributed by atoms with E-state index >= 15 is 0 Å². The van der Waals surface area contributed by atoms with Gasteiger partial charge in [0, 0.05) is 30.7 Å². The lowest BCUT2D eigenvalue weighted by Crippen LogP contribution is -2.34. The molecule has 4 heterocycles. The number of hydrogen-bond donors (Lipinski definition) is 0. The highest BCUT2D eigenvalue weighted by Gasteiger charge is 2.35. The van der Waals surface area contributed by atoms with Gasteiger partial charge in [0.2, 0.25) is 5.75 Å². The van der Waals surface area contributed by atoms with Crippen LogP contribution in [0.3, 0.4) is 0 Å². The Bertz CT molecular complexity index is 1870. The van der Waals surface area contributed by atoms with Crippen molar-refractivity contribution in [1.82, 2.24) is 9.80 Å². The van der Waals surface area contributed by atoms with Gasteiger partial charge in [-0.3, -0.25) is 9.80 Å². The molecule has 8 heteroatoms. The van der Waals surface area contributed by atoms with E-state index in [1.54, 1.807) is 21.3 Å². The van der Waals surface area contributed by atoms with Crippen LogP contribution in [-0.4, -0.2) is 64.9 Å².